The molecule has 17 heavy (non-hydrogen) atoms. The number of carbonyl (C=O) groups is 1. The summed E-state index contributed by atoms with van der Waals surface area (Å²) in [4.78, 5) is 11.4. The van der Waals surface area contributed by atoms with Crippen molar-refractivity contribution >= 4 is 5.91 Å². The second-order valence-corrected chi connectivity index (χ2v) is 3.71. The Hall–Kier alpha value is -1.62. The van der Waals surface area contributed by atoms with E-state index in [0.29, 0.717) is 0 Å². The molecule has 0 aliphatic carbocycles. The van der Waals surface area contributed by atoms with Gasteiger partial charge in [0, 0.05) is 0 Å². The van der Waals surface area contributed by atoms with Crippen LogP contribution < -0.4 is 15.4 Å². The molecule has 0 saturated heterocycles. The highest BCUT2D eigenvalue weighted by Crippen LogP contribution is 2.22. The maximum Gasteiger partial charge on any atom is 0.234 e. The first-order valence-corrected chi connectivity index (χ1v) is 5.36. The molecule has 2 N–H and O–H groups in total. The number of halogens is 1. The molecule has 1 amide bonds. The van der Waals surface area contributed by atoms with Crippen molar-refractivity contribution in [3.05, 3.63) is 29.6 Å². The smallest absolute Gasteiger partial charge is 0.234 e. The molecule has 0 fully saturated rings. The molecule has 5 heteroatoms. The molecule has 0 aromatic heterocycles. The van der Waals surface area contributed by atoms with Crippen LogP contribution in [0.1, 0.15) is 18.5 Å². The number of hydrogen-bond acceptors (Lipinski definition) is 3. The minimum Gasteiger partial charge on any atom is -0.494 e. The van der Waals surface area contributed by atoms with E-state index < -0.39 is 5.82 Å². The zero-order valence-electron chi connectivity index (χ0n) is 10.2. The average molecular weight is 240 g/mol. The van der Waals surface area contributed by atoms with Gasteiger partial charge in [0.1, 0.15) is 0 Å². The Morgan fingerprint density at radius 1 is 1.53 bits per heavy atom. The summed E-state index contributed by atoms with van der Waals surface area (Å²) in [7, 11) is 3.11. The van der Waals surface area contributed by atoms with Gasteiger partial charge in [-0.15, -0.1) is 0 Å². The molecule has 0 bridgehead atoms. The first kappa shape index (κ1) is 13.4. The van der Waals surface area contributed by atoms with Crippen molar-refractivity contribution in [2.75, 3.05) is 20.7 Å². The molecule has 94 valence electrons. The van der Waals surface area contributed by atoms with E-state index >= 15 is 0 Å². The van der Waals surface area contributed by atoms with Crippen LogP contribution in [0.15, 0.2) is 18.2 Å². The van der Waals surface area contributed by atoms with Crippen LogP contribution in [0.4, 0.5) is 4.39 Å². The SMILES string of the molecule is CNCC(=O)N[C@H](C)c1ccc(F)c(OC)c1. The minimum absolute atomic E-state index is 0.108. The fraction of sp³-hybridized carbons (Fsp3) is 0.417. The summed E-state index contributed by atoms with van der Waals surface area (Å²) in [6.07, 6.45) is 0. The second kappa shape index (κ2) is 6.20. The number of amides is 1. The Morgan fingerprint density at radius 2 is 2.24 bits per heavy atom. The summed E-state index contributed by atoms with van der Waals surface area (Å²) in [5.41, 5.74) is 0.799. The van der Waals surface area contributed by atoms with Crippen molar-refractivity contribution in [3.63, 3.8) is 0 Å². The van der Waals surface area contributed by atoms with Crippen LogP contribution in [0.5, 0.6) is 5.75 Å². The first-order chi connectivity index (χ1) is 8.08. The van der Waals surface area contributed by atoms with Crippen molar-refractivity contribution in [2.24, 2.45) is 0 Å². The third-order valence-electron chi connectivity index (χ3n) is 2.39. The van der Waals surface area contributed by atoms with E-state index in [1.807, 2.05) is 6.92 Å². The number of likely N-dealkylation sites (N-methyl/N-ethyl adjacent to an activating group) is 1. The van der Waals surface area contributed by atoms with Gasteiger partial charge in [-0.2, -0.15) is 0 Å². The second-order valence-electron chi connectivity index (χ2n) is 3.71. The minimum atomic E-state index is -0.412. The molecule has 0 saturated carbocycles. The zero-order chi connectivity index (χ0) is 12.8. The lowest BCUT2D eigenvalue weighted by Crippen LogP contribution is -2.33. The fourth-order valence-electron chi connectivity index (χ4n) is 1.48. The Labute approximate surface area is 100 Å². The van der Waals surface area contributed by atoms with Gasteiger partial charge in [0.25, 0.3) is 0 Å². The van der Waals surface area contributed by atoms with Crippen molar-refractivity contribution in [2.45, 2.75) is 13.0 Å². The Morgan fingerprint density at radius 3 is 2.82 bits per heavy atom. The predicted octanol–water partition coefficient (Wildman–Crippen LogP) is 1.23. The van der Waals surface area contributed by atoms with Crippen molar-refractivity contribution in [3.8, 4) is 5.75 Å². The van der Waals surface area contributed by atoms with Crippen LogP contribution in [0.25, 0.3) is 0 Å². The Balaban J connectivity index is 2.75. The largest absolute Gasteiger partial charge is 0.494 e. The number of carbonyl (C=O) groups excluding carboxylic acids is 1. The Bertz CT molecular complexity index is 396. The van der Waals surface area contributed by atoms with Gasteiger partial charge in [0.05, 0.1) is 19.7 Å². The van der Waals surface area contributed by atoms with Gasteiger partial charge < -0.3 is 15.4 Å². The third kappa shape index (κ3) is 3.71. The van der Waals surface area contributed by atoms with E-state index in [1.54, 1.807) is 19.2 Å². The summed E-state index contributed by atoms with van der Waals surface area (Å²) in [5, 5.41) is 5.55. The predicted molar refractivity (Wildman–Crippen MR) is 63.4 cm³/mol. The highest BCUT2D eigenvalue weighted by molar-refractivity contribution is 5.78. The van der Waals surface area contributed by atoms with Crippen LogP contribution >= 0.6 is 0 Å². The lowest BCUT2D eigenvalue weighted by Gasteiger charge is -2.15. The molecular formula is C12H17FN2O2. The molecule has 0 radical (unpaired) electrons. The normalized spacial score (nSPS) is 12.0. The maximum absolute atomic E-state index is 13.2. The van der Waals surface area contributed by atoms with Gasteiger partial charge in [0.2, 0.25) is 5.91 Å². The number of nitrogens with one attached hydrogen (secondary N) is 2. The molecule has 0 aliphatic heterocycles. The molecule has 4 nitrogen and oxygen atoms in total. The summed E-state index contributed by atoms with van der Waals surface area (Å²) in [6.45, 7) is 2.09. The number of rotatable bonds is 5. The van der Waals surface area contributed by atoms with Gasteiger partial charge in [0.15, 0.2) is 11.6 Å². The van der Waals surface area contributed by atoms with Gasteiger partial charge >= 0.3 is 0 Å². The average Bonchev–Trinajstić information content (AvgIpc) is 2.29. The van der Waals surface area contributed by atoms with Crippen LogP contribution in [0.2, 0.25) is 0 Å². The standard InChI is InChI=1S/C12H17FN2O2/c1-8(15-12(16)7-14-2)9-4-5-10(13)11(6-9)17-3/h4-6,8,14H,7H2,1-3H3,(H,15,16)/t8-/m1/s1. The van der Waals surface area contributed by atoms with E-state index in [0.717, 1.165) is 5.56 Å². The van der Waals surface area contributed by atoms with Crippen LogP contribution in [0, 0.1) is 5.82 Å². The lowest BCUT2D eigenvalue weighted by atomic mass is 10.1. The van der Waals surface area contributed by atoms with Crippen molar-refractivity contribution in [1.29, 1.82) is 0 Å². The summed E-state index contributed by atoms with van der Waals surface area (Å²) in [6, 6.07) is 4.35. The summed E-state index contributed by atoms with van der Waals surface area (Å²) >= 11 is 0. The van der Waals surface area contributed by atoms with E-state index in [9.17, 15) is 9.18 Å². The number of methoxy groups -OCH3 is 1. The highest BCUT2D eigenvalue weighted by atomic mass is 19.1. The molecule has 0 heterocycles. The van der Waals surface area contributed by atoms with Gasteiger partial charge in [-0.25, -0.2) is 4.39 Å². The van der Waals surface area contributed by atoms with Crippen LogP contribution in [-0.2, 0) is 4.79 Å². The van der Waals surface area contributed by atoms with Crippen molar-refractivity contribution in [1.82, 2.24) is 10.6 Å². The molecule has 0 aliphatic rings. The third-order valence-corrected chi connectivity index (χ3v) is 2.39. The van der Waals surface area contributed by atoms with Gasteiger partial charge in [-0.05, 0) is 31.7 Å². The molecule has 1 rings (SSSR count). The highest BCUT2D eigenvalue weighted by Gasteiger charge is 2.11. The molecule has 1 aromatic rings. The number of ether oxygens (including phenoxy) is 1. The monoisotopic (exact) mass is 240 g/mol. The lowest BCUT2D eigenvalue weighted by molar-refractivity contribution is -0.120. The quantitative estimate of drug-likeness (QED) is 0.814. The van der Waals surface area contributed by atoms with Gasteiger partial charge in [-0.1, -0.05) is 6.07 Å². The van der Waals surface area contributed by atoms with Crippen molar-refractivity contribution < 1.29 is 13.9 Å². The number of hydrogen-bond donors (Lipinski definition) is 2. The molecular weight excluding hydrogens is 223 g/mol. The molecule has 0 spiro atoms. The van der Waals surface area contributed by atoms with Crippen LogP contribution in [-0.4, -0.2) is 26.6 Å². The molecule has 0 unspecified atom stereocenters. The van der Waals surface area contributed by atoms with E-state index in [-0.39, 0.29) is 24.2 Å². The topological polar surface area (TPSA) is 50.4 Å². The van der Waals surface area contributed by atoms with E-state index in [2.05, 4.69) is 10.6 Å². The summed E-state index contributed by atoms with van der Waals surface area (Å²) in [5.74, 6) is -0.342. The summed E-state index contributed by atoms with van der Waals surface area (Å²) < 4.78 is 18.1. The maximum atomic E-state index is 13.2. The first-order valence-electron chi connectivity index (χ1n) is 5.36. The molecule has 1 aromatic carbocycles. The Kier molecular flexibility index (Phi) is 4.90. The van der Waals surface area contributed by atoms with Gasteiger partial charge in [-0.3, -0.25) is 4.79 Å². The zero-order valence-corrected chi connectivity index (χ0v) is 10.2. The van der Waals surface area contributed by atoms with E-state index in [1.165, 1.54) is 13.2 Å². The molecule has 1 atom stereocenters. The fourth-order valence-corrected chi connectivity index (χ4v) is 1.48. The van der Waals surface area contributed by atoms with E-state index in [4.69, 9.17) is 4.74 Å². The van der Waals surface area contributed by atoms with Crippen LogP contribution in [0.3, 0.4) is 0 Å². The number of benzene rings is 1.